The molecule has 0 radical (unpaired) electrons. The second-order valence-electron chi connectivity index (χ2n) is 6.46. The molecule has 2 aromatic carbocycles. The van der Waals surface area contributed by atoms with Crippen molar-refractivity contribution < 1.29 is 14.1 Å². The second-order valence-corrected chi connectivity index (χ2v) is 7.25. The number of halogens is 2. The summed E-state index contributed by atoms with van der Waals surface area (Å²) in [6.07, 6.45) is 0. The molecule has 0 aliphatic carbocycles. The van der Waals surface area contributed by atoms with Gasteiger partial charge in [0.05, 0.1) is 26.9 Å². The summed E-state index contributed by atoms with van der Waals surface area (Å²) in [5.74, 6) is 1.02. The van der Waals surface area contributed by atoms with Crippen LogP contribution in [0, 0.1) is 13.8 Å². The molecule has 0 bridgehead atoms. The average Bonchev–Trinajstić information content (AvgIpc) is 3.01. The van der Waals surface area contributed by atoms with Gasteiger partial charge < -0.3 is 14.2 Å². The van der Waals surface area contributed by atoms with Gasteiger partial charge in [0, 0.05) is 13.6 Å². The van der Waals surface area contributed by atoms with Gasteiger partial charge in [0.25, 0.3) is 5.91 Å². The highest BCUT2D eigenvalue weighted by molar-refractivity contribution is 6.42. The summed E-state index contributed by atoms with van der Waals surface area (Å²) in [4.78, 5) is 14.6. The third-order valence-electron chi connectivity index (χ3n) is 4.46. The Labute approximate surface area is 173 Å². The normalized spacial score (nSPS) is 10.8. The molecule has 0 aliphatic rings. The van der Waals surface area contributed by atoms with Gasteiger partial charge in [-0.05, 0) is 37.6 Å². The van der Waals surface area contributed by atoms with Crippen molar-refractivity contribution in [2.24, 2.45) is 0 Å². The molecular formula is C21H20Cl2N2O3. The third-order valence-corrected chi connectivity index (χ3v) is 5.31. The summed E-state index contributed by atoms with van der Waals surface area (Å²) in [6, 6.07) is 12.5. The van der Waals surface area contributed by atoms with Crippen molar-refractivity contribution in [3.05, 3.63) is 80.7 Å². The molecule has 1 aromatic heterocycles. The molecule has 5 nitrogen and oxygen atoms in total. The molecule has 3 rings (SSSR count). The minimum Gasteiger partial charge on any atom is -0.488 e. The Balaban J connectivity index is 1.77. The first-order valence-electron chi connectivity index (χ1n) is 8.70. The molecule has 1 amide bonds. The van der Waals surface area contributed by atoms with Gasteiger partial charge in [0.1, 0.15) is 18.1 Å². The van der Waals surface area contributed by atoms with Gasteiger partial charge in [0.15, 0.2) is 0 Å². The molecule has 3 aromatic rings. The number of carbonyl (C=O) groups is 1. The number of nitrogens with zero attached hydrogens (tertiary/aromatic N) is 2. The number of aryl methyl sites for hydroxylation is 2. The van der Waals surface area contributed by atoms with E-state index < -0.39 is 0 Å². The minimum absolute atomic E-state index is 0.176. The molecule has 0 aliphatic heterocycles. The van der Waals surface area contributed by atoms with Crippen LogP contribution in [0.5, 0.6) is 5.75 Å². The Morgan fingerprint density at radius 1 is 1.14 bits per heavy atom. The average molecular weight is 419 g/mol. The summed E-state index contributed by atoms with van der Waals surface area (Å²) >= 11 is 12.3. The fourth-order valence-electron chi connectivity index (χ4n) is 2.83. The molecule has 0 atom stereocenters. The van der Waals surface area contributed by atoms with Crippen molar-refractivity contribution in [2.75, 3.05) is 7.05 Å². The molecule has 0 fully saturated rings. The largest absolute Gasteiger partial charge is 0.488 e. The van der Waals surface area contributed by atoms with E-state index in [0.29, 0.717) is 33.7 Å². The topological polar surface area (TPSA) is 55.6 Å². The summed E-state index contributed by atoms with van der Waals surface area (Å²) in [5.41, 5.74) is 2.89. The number of hydrogen-bond donors (Lipinski definition) is 0. The molecule has 0 saturated heterocycles. The summed E-state index contributed by atoms with van der Waals surface area (Å²) in [6.45, 7) is 4.29. The van der Waals surface area contributed by atoms with Crippen LogP contribution < -0.4 is 4.74 Å². The van der Waals surface area contributed by atoms with E-state index in [2.05, 4.69) is 5.16 Å². The lowest BCUT2D eigenvalue weighted by molar-refractivity contribution is 0.0780. The maximum Gasteiger partial charge on any atom is 0.257 e. The van der Waals surface area contributed by atoms with E-state index in [9.17, 15) is 4.79 Å². The first kappa shape index (κ1) is 20.2. The van der Waals surface area contributed by atoms with Gasteiger partial charge in [-0.25, -0.2) is 0 Å². The first-order valence-corrected chi connectivity index (χ1v) is 9.46. The molecule has 0 N–H and O–H groups in total. The Morgan fingerprint density at radius 2 is 1.89 bits per heavy atom. The Kier molecular flexibility index (Phi) is 6.27. The van der Waals surface area contributed by atoms with Crippen LogP contribution in [-0.4, -0.2) is 23.0 Å². The highest BCUT2D eigenvalue weighted by Gasteiger charge is 2.19. The molecule has 1 heterocycles. The number of benzene rings is 2. The van der Waals surface area contributed by atoms with Crippen molar-refractivity contribution >= 4 is 29.1 Å². The SMILES string of the molecule is Cc1noc(C)c1COc1ccccc1C(=O)N(C)Cc1cccc(Cl)c1Cl. The Hall–Kier alpha value is -2.50. The molecule has 0 spiro atoms. The van der Waals surface area contributed by atoms with Crippen LogP contribution in [0.2, 0.25) is 10.0 Å². The van der Waals surface area contributed by atoms with Gasteiger partial charge in [-0.2, -0.15) is 0 Å². The first-order chi connectivity index (χ1) is 13.4. The highest BCUT2D eigenvalue weighted by Crippen LogP contribution is 2.28. The molecule has 28 heavy (non-hydrogen) atoms. The van der Waals surface area contributed by atoms with Crippen LogP contribution in [0.1, 0.15) is 32.9 Å². The van der Waals surface area contributed by atoms with E-state index in [-0.39, 0.29) is 12.5 Å². The maximum absolute atomic E-state index is 13.0. The fourth-order valence-corrected chi connectivity index (χ4v) is 3.21. The van der Waals surface area contributed by atoms with E-state index in [4.69, 9.17) is 32.5 Å². The summed E-state index contributed by atoms with van der Waals surface area (Å²) < 4.78 is 11.1. The van der Waals surface area contributed by atoms with Gasteiger partial charge >= 0.3 is 0 Å². The number of para-hydroxylation sites is 1. The smallest absolute Gasteiger partial charge is 0.257 e. The van der Waals surface area contributed by atoms with Gasteiger partial charge in [-0.15, -0.1) is 0 Å². The predicted molar refractivity (Wildman–Crippen MR) is 109 cm³/mol. The lowest BCUT2D eigenvalue weighted by atomic mass is 10.1. The number of hydrogen-bond acceptors (Lipinski definition) is 4. The molecule has 0 unspecified atom stereocenters. The summed E-state index contributed by atoms with van der Waals surface area (Å²) in [7, 11) is 1.71. The highest BCUT2D eigenvalue weighted by atomic mass is 35.5. The number of rotatable bonds is 6. The van der Waals surface area contributed by atoms with E-state index in [0.717, 1.165) is 16.8 Å². The zero-order valence-corrected chi connectivity index (χ0v) is 17.3. The van der Waals surface area contributed by atoms with Gasteiger partial charge in [0.2, 0.25) is 0 Å². The van der Waals surface area contributed by atoms with Gasteiger partial charge in [-0.3, -0.25) is 4.79 Å². The number of carbonyl (C=O) groups excluding carboxylic acids is 1. The second kappa shape index (κ2) is 8.67. The minimum atomic E-state index is -0.176. The maximum atomic E-state index is 13.0. The van der Waals surface area contributed by atoms with Gasteiger partial charge in [-0.1, -0.05) is 52.6 Å². The van der Waals surface area contributed by atoms with Crippen LogP contribution in [0.3, 0.4) is 0 Å². The number of ether oxygens (including phenoxy) is 1. The van der Waals surface area contributed by atoms with Crippen molar-refractivity contribution in [2.45, 2.75) is 27.0 Å². The van der Waals surface area contributed by atoms with Crippen molar-refractivity contribution in [3.63, 3.8) is 0 Å². The molecule has 146 valence electrons. The van der Waals surface area contributed by atoms with Crippen molar-refractivity contribution in [1.82, 2.24) is 10.1 Å². The zero-order chi connectivity index (χ0) is 20.3. The summed E-state index contributed by atoms with van der Waals surface area (Å²) in [5, 5.41) is 4.83. The van der Waals surface area contributed by atoms with E-state index >= 15 is 0 Å². The lowest BCUT2D eigenvalue weighted by Crippen LogP contribution is -2.26. The van der Waals surface area contributed by atoms with Crippen molar-refractivity contribution in [1.29, 1.82) is 0 Å². The molecule has 0 saturated carbocycles. The molecular weight excluding hydrogens is 399 g/mol. The standard InChI is InChI=1S/C21H20Cl2N2O3/c1-13-17(14(2)28-24-13)12-27-19-10-5-4-8-16(19)21(26)25(3)11-15-7-6-9-18(22)20(15)23/h4-10H,11-12H2,1-3H3. The van der Waals surface area contributed by atoms with Crippen LogP contribution in [0.15, 0.2) is 47.0 Å². The predicted octanol–water partition coefficient (Wildman–Crippen LogP) is 5.45. The monoisotopic (exact) mass is 418 g/mol. The van der Waals surface area contributed by atoms with E-state index in [1.54, 1.807) is 36.2 Å². The Bertz CT molecular complexity index is 982. The van der Waals surface area contributed by atoms with Crippen molar-refractivity contribution in [3.8, 4) is 5.75 Å². The fraction of sp³-hybridized carbons (Fsp3) is 0.238. The Morgan fingerprint density at radius 3 is 2.61 bits per heavy atom. The van der Waals surface area contributed by atoms with E-state index in [1.807, 2.05) is 32.0 Å². The zero-order valence-electron chi connectivity index (χ0n) is 15.8. The quantitative estimate of drug-likeness (QED) is 0.533. The van der Waals surface area contributed by atoms with E-state index in [1.165, 1.54) is 0 Å². The number of aromatic nitrogens is 1. The number of amides is 1. The molecule has 7 heteroatoms. The van der Waals surface area contributed by atoms with Crippen LogP contribution >= 0.6 is 23.2 Å². The van der Waals surface area contributed by atoms with Crippen LogP contribution in [0.25, 0.3) is 0 Å². The van der Waals surface area contributed by atoms with Crippen LogP contribution in [0.4, 0.5) is 0 Å². The lowest BCUT2D eigenvalue weighted by Gasteiger charge is -2.20. The van der Waals surface area contributed by atoms with Crippen LogP contribution in [-0.2, 0) is 13.2 Å². The third kappa shape index (κ3) is 4.32.